The standard InChI is InChI=1S/C22H31N5O3/c1-22(2,3)30-21(29)24-12-13-4-8-15(9-5-13)25-20(28)16-10-11-23-19-17(16)26-18(27-19)14-6-7-14/h10-11,13-15H,4-9,12H2,1-3H3,(H,24,29)(H,25,28)(H,23,26,27)/t13-,15-. The van der Waals surface area contributed by atoms with E-state index in [0.717, 1.165) is 44.3 Å². The summed E-state index contributed by atoms with van der Waals surface area (Å²) in [4.78, 5) is 36.9. The molecule has 0 aromatic carbocycles. The lowest BCUT2D eigenvalue weighted by Crippen LogP contribution is -2.40. The zero-order chi connectivity index (χ0) is 21.3. The molecule has 2 aromatic heterocycles. The number of ether oxygens (including phenoxy) is 1. The van der Waals surface area contributed by atoms with E-state index < -0.39 is 5.60 Å². The summed E-state index contributed by atoms with van der Waals surface area (Å²) in [6.45, 7) is 6.17. The van der Waals surface area contributed by atoms with E-state index in [4.69, 9.17) is 4.74 Å². The summed E-state index contributed by atoms with van der Waals surface area (Å²) in [5.74, 6) is 1.74. The van der Waals surface area contributed by atoms with E-state index in [2.05, 4.69) is 25.6 Å². The smallest absolute Gasteiger partial charge is 0.407 e. The SMILES string of the molecule is CC(C)(C)OC(=O)NC[C@H]1CC[C@H](NC(=O)c2ccnc3[nH]c(C4CC4)nc23)CC1. The maximum absolute atomic E-state index is 12.9. The minimum atomic E-state index is -0.488. The van der Waals surface area contributed by atoms with Crippen molar-refractivity contribution in [3.05, 3.63) is 23.7 Å². The first-order valence-electron chi connectivity index (χ1n) is 10.9. The van der Waals surface area contributed by atoms with Gasteiger partial charge in [0.05, 0.1) is 5.56 Å². The number of rotatable bonds is 5. The Morgan fingerprint density at radius 1 is 1.17 bits per heavy atom. The maximum Gasteiger partial charge on any atom is 0.407 e. The first-order chi connectivity index (χ1) is 14.3. The molecule has 2 heterocycles. The van der Waals surface area contributed by atoms with Crippen LogP contribution in [0.3, 0.4) is 0 Å². The zero-order valence-corrected chi connectivity index (χ0v) is 18.0. The molecule has 0 spiro atoms. The van der Waals surface area contributed by atoms with Gasteiger partial charge in [0.25, 0.3) is 5.91 Å². The van der Waals surface area contributed by atoms with Crippen LogP contribution in [0.2, 0.25) is 0 Å². The van der Waals surface area contributed by atoms with Crippen LogP contribution in [0.15, 0.2) is 12.3 Å². The van der Waals surface area contributed by atoms with Gasteiger partial charge in [0, 0.05) is 24.7 Å². The van der Waals surface area contributed by atoms with Crippen molar-refractivity contribution in [2.24, 2.45) is 5.92 Å². The molecule has 8 nitrogen and oxygen atoms in total. The molecule has 2 fully saturated rings. The van der Waals surface area contributed by atoms with Crippen LogP contribution in [0.25, 0.3) is 11.2 Å². The molecule has 3 N–H and O–H groups in total. The van der Waals surface area contributed by atoms with Crippen molar-refractivity contribution in [3.8, 4) is 0 Å². The first kappa shape index (κ1) is 20.6. The number of aromatic nitrogens is 3. The summed E-state index contributed by atoms with van der Waals surface area (Å²) in [6, 6.07) is 1.88. The second-order valence-corrected chi connectivity index (χ2v) is 9.53. The summed E-state index contributed by atoms with van der Waals surface area (Å²) in [6.07, 6.45) is 7.29. The van der Waals surface area contributed by atoms with E-state index in [1.165, 1.54) is 0 Å². The van der Waals surface area contributed by atoms with Gasteiger partial charge >= 0.3 is 6.09 Å². The third-order valence-electron chi connectivity index (χ3n) is 5.73. The van der Waals surface area contributed by atoms with E-state index in [0.29, 0.717) is 35.1 Å². The third-order valence-corrected chi connectivity index (χ3v) is 5.73. The van der Waals surface area contributed by atoms with Gasteiger partial charge in [0.15, 0.2) is 5.65 Å². The Bertz CT molecular complexity index is 920. The van der Waals surface area contributed by atoms with Crippen LogP contribution in [-0.2, 0) is 4.74 Å². The number of nitrogens with zero attached hydrogens (tertiary/aromatic N) is 2. The van der Waals surface area contributed by atoms with Crippen LogP contribution in [0.1, 0.15) is 81.4 Å². The largest absolute Gasteiger partial charge is 0.444 e. The highest BCUT2D eigenvalue weighted by atomic mass is 16.6. The Morgan fingerprint density at radius 2 is 1.90 bits per heavy atom. The normalized spacial score (nSPS) is 22.0. The predicted molar refractivity (Wildman–Crippen MR) is 113 cm³/mol. The molecule has 2 aliphatic rings. The summed E-state index contributed by atoms with van der Waals surface area (Å²) >= 11 is 0. The molecule has 2 saturated carbocycles. The molecule has 0 aliphatic heterocycles. The average molecular weight is 414 g/mol. The topological polar surface area (TPSA) is 109 Å². The molecule has 4 rings (SSSR count). The van der Waals surface area contributed by atoms with E-state index in [-0.39, 0.29) is 18.0 Å². The second-order valence-electron chi connectivity index (χ2n) is 9.53. The number of carbonyl (C=O) groups is 2. The average Bonchev–Trinajstić information content (AvgIpc) is 3.44. The van der Waals surface area contributed by atoms with Crippen molar-refractivity contribution in [3.63, 3.8) is 0 Å². The summed E-state index contributed by atoms with van der Waals surface area (Å²) in [5.41, 5.74) is 1.43. The van der Waals surface area contributed by atoms with Crippen LogP contribution in [0.5, 0.6) is 0 Å². The number of carbonyl (C=O) groups excluding carboxylic acids is 2. The molecule has 2 aromatic rings. The Balaban J connectivity index is 1.28. The number of nitrogens with one attached hydrogen (secondary N) is 3. The molecule has 30 heavy (non-hydrogen) atoms. The fourth-order valence-corrected chi connectivity index (χ4v) is 3.98. The highest BCUT2D eigenvalue weighted by Gasteiger charge is 2.29. The van der Waals surface area contributed by atoms with Gasteiger partial charge < -0.3 is 20.4 Å². The van der Waals surface area contributed by atoms with Gasteiger partial charge in [-0.25, -0.2) is 14.8 Å². The van der Waals surface area contributed by atoms with Gasteiger partial charge in [-0.05, 0) is 71.3 Å². The van der Waals surface area contributed by atoms with E-state index in [9.17, 15) is 9.59 Å². The number of fused-ring (bicyclic) bond motifs is 1. The number of aromatic amines is 1. The molecular formula is C22H31N5O3. The second kappa shape index (κ2) is 8.24. The van der Waals surface area contributed by atoms with Crippen molar-refractivity contribution in [2.45, 2.75) is 76.9 Å². The van der Waals surface area contributed by atoms with Crippen molar-refractivity contribution in [2.75, 3.05) is 6.54 Å². The Labute approximate surface area is 176 Å². The van der Waals surface area contributed by atoms with Gasteiger partial charge in [-0.1, -0.05) is 0 Å². The fraction of sp³-hybridized carbons (Fsp3) is 0.636. The molecule has 0 saturated heterocycles. The summed E-state index contributed by atoms with van der Waals surface area (Å²) in [5, 5.41) is 6.03. The van der Waals surface area contributed by atoms with Gasteiger partial charge in [0.1, 0.15) is 16.9 Å². The minimum Gasteiger partial charge on any atom is -0.444 e. The predicted octanol–water partition coefficient (Wildman–Crippen LogP) is 3.65. The van der Waals surface area contributed by atoms with Crippen LogP contribution in [0, 0.1) is 5.92 Å². The highest BCUT2D eigenvalue weighted by molar-refractivity contribution is 6.04. The third kappa shape index (κ3) is 5.09. The Morgan fingerprint density at radius 3 is 2.57 bits per heavy atom. The van der Waals surface area contributed by atoms with Crippen molar-refractivity contribution in [1.29, 1.82) is 0 Å². The lowest BCUT2D eigenvalue weighted by atomic mass is 9.86. The number of alkyl carbamates (subject to hydrolysis) is 1. The number of hydrogen-bond acceptors (Lipinski definition) is 5. The number of hydrogen-bond donors (Lipinski definition) is 3. The summed E-state index contributed by atoms with van der Waals surface area (Å²) < 4.78 is 5.29. The van der Waals surface area contributed by atoms with E-state index in [1.54, 1.807) is 12.3 Å². The molecule has 162 valence electrons. The van der Waals surface area contributed by atoms with E-state index in [1.807, 2.05) is 20.8 Å². The quantitative estimate of drug-likeness (QED) is 0.693. The highest BCUT2D eigenvalue weighted by Crippen LogP contribution is 2.39. The first-order valence-corrected chi connectivity index (χ1v) is 10.9. The molecule has 0 bridgehead atoms. The fourth-order valence-electron chi connectivity index (χ4n) is 3.98. The van der Waals surface area contributed by atoms with E-state index >= 15 is 0 Å². The van der Waals surface area contributed by atoms with Gasteiger partial charge in [-0.15, -0.1) is 0 Å². The van der Waals surface area contributed by atoms with Crippen molar-refractivity contribution in [1.82, 2.24) is 25.6 Å². The van der Waals surface area contributed by atoms with Crippen LogP contribution in [-0.4, -0.2) is 45.1 Å². The molecule has 0 unspecified atom stereocenters. The number of pyridine rings is 1. The zero-order valence-electron chi connectivity index (χ0n) is 18.0. The lowest BCUT2D eigenvalue weighted by molar-refractivity contribution is 0.0514. The number of imidazole rings is 1. The number of amides is 2. The van der Waals surface area contributed by atoms with Crippen molar-refractivity contribution >= 4 is 23.2 Å². The van der Waals surface area contributed by atoms with Crippen LogP contribution < -0.4 is 10.6 Å². The lowest BCUT2D eigenvalue weighted by Gasteiger charge is -2.29. The molecule has 2 amide bonds. The van der Waals surface area contributed by atoms with Crippen LogP contribution in [0.4, 0.5) is 4.79 Å². The maximum atomic E-state index is 12.9. The summed E-state index contributed by atoms with van der Waals surface area (Å²) in [7, 11) is 0. The van der Waals surface area contributed by atoms with Gasteiger partial charge in [-0.2, -0.15) is 0 Å². The Kier molecular flexibility index (Phi) is 5.66. The van der Waals surface area contributed by atoms with Gasteiger partial charge in [-0.3, -0.25) is 4.79 Å². The minimum absolute atomic E-state index is 0.0911. The Hall–Kier alpha value is -2.64. The molecule has 0 atom stereocenters. The van der Waals surface area contributed by atoms with Crippen LogP contribution >= 0.6 is 0 Å². The molecular weight excluding hydrogens is 382 g/mol. The molecule has 8 heteroatoms. The number of H-pyrrole nitrogens is 1. The van der Waals surface area contributed by atoms with Gasteiger partial charge in [0.2, 0.25) is 0 Å². The molecule has 0 radical (unpaired) electrons. The molecule has 2 aliphatic carbocycles. The van der Waals surface area contributed by atoms with Crippen molar-refractivity contribution < 1.29 is 14.3 Å². The monoisotopic (exact) mass is 413 g/mol.